The van der Waals surface area contributed by atoms with Gasteiger partial charge in [-0.05, 0) is 19.1 Å². The Morgan fingerprint density at radius 1 is 1.33 bits per heavy atom. The van der Waals surface area contributed by atoms with Crippen LogP contribution in [0.25, 0.3) is 0 Å². The first kappa shape index (κ1) is 16.3. The van der Waals surface area contributed by atoms with Crippen molar-refractivity contribution in [1.29, 1.82) is 0 Å². The molecule has 0 saturated carbocycles. The van der Waals surface area contributed by atoms with Crippen molar-refractivity contribution in [3.63, 3.8) is 0 Å². The molecule has 1 aromatic rings. The maximum atomic E-state index is 12.0. The number of rotatable bonds is 7. The number of quaternary nitrogens is 1. The molecule has 0 bridgehead atoms. The van der Waals surface area contributed by atoms with E-state index in [1.54, 1.807) is 16.7 Å². The Kier molecular flexibility index (Phi) is 7.06. The minimum Gasteiger partial charge on any atom is -0.370 e. The Hall–Kier alpha value is -1.04. The molecule has 1 fully saturated rings. The Morgan fingerprint density at radius 2 is 2.05 bits per heavy atom. The van der Waals surface area contributed by atoms with Crippen molar-refractivity contribution in [1.82, 2.24) is 5.32 Å². The summed E-state index contributed by atoms with van der Waals surface area (Å²) in [5.41, 5.74) is 0. The molecule has 5 heteroatoms. The molecule has 1 aliphatic rings. The molecule has 0 spiro atoms. The van der Waals surface area contributed by atoms with E-state index in [0.29, 0.717) is 0 Å². The van der Waals surface area contributed by atoms with E-state index in [0.717, 1.165) is 50.7 Å². The highest BCUT2D eigenvalue weighted by Crippen LogP contribution is 2.22. The van der Waals surface area contributed by atoms with Crippen molar-refractivity contribution in [2.45, 2.75) is 23.5 Å². The number of nitrogens with one attached hydrogen (secondary N) is 2. The van der Waals surface area contributed by atoms with Crippen molar-refractivity contribution >= 4 is 17.7 Å². The average molecular weight is 309 g/mol. The molecule has 1 heterocycles. The lowest BCUT2D eigenvalue weighted by molar-refractivity contribution is -0.908. The monoisotopic (exact) mass is 309 g/mol. The van der Waals surface area contributed by atoms with Gasteiger partial charge in [0.05, 0.1) is 25.0 Å². The maximum Gasteiger partial charge on any atom is 0.233 e. The summed E-state index contributed by atoms with van der Waals surface area (Å²) < 4.78 is 5.34. The van der Waals surface area contributed by atoms with E-state index in [-0.39, 0.29) is 11.2 Å². The Morgan fingerprint density at radius 3 is 2.76 bits per heavy atom. The number of benzene rings is 1. The van der Waals surface area contributed by atoms with Gasteiger partial charge in [-0.25, -0.2) is 0 Å². The lowest BCUT2D eigenvalue weighted by atomic mass is 10.3. The van der Waals surface area contributed by atoms with Crippen LogP contribution in [0.3, 0.4) is 0 Å². The summed E-state index contributed by atoms with van der Waals surface area (Å²) in [5.74, 6) is 0.126. The van der Waals surface area contributed by atoms with Crippen molar-refractivity contribution in [2.75, 3.05) is 39.4 Å². The van der Waals surface area contributed by atoms with E-state index < -0.39 is 0 Å². The van der Waals surface area contributed by atoms with Crippen LogP contribution < -0.4 is 10.2 Å². The SMILES string of the molecule is C[C@@H](Sc1ccccc1)C(=O)NCCC[NH+]1CCOCC1. The second-order valence-electron chi connectivity index (χ2n) is 5.33. The number of morpholine rings is 1. The van der Waals surface area contributed by atoms with Gasteiger partial charge in [0.2, 0.25) is 5.91 Å². The van der Waals surface area contributed by atoms with E-state index in [9.17, 15) is 4.79 Å². The molecule has 2 rings (SSSR count). The van der Waals surface area contributed by atoms with Gasteiger partial charge in [0, 0.05) is 17.9 Å². The third kappa shape index (κ3) is 6.08. The molecule has 2 N–H and O–H groups in total. The first-order valence-corrected chi connectivity index (χ1v) is 8.54. The Bertz CT molecular complexity index is 422. The molecule has 116 valence electrons. The van der Waals surface area contributed by atoms with E-state index in [1.165, 1.54) is 0 Å². The minimum atomic E-state index is -0.0527. The van der Waals surface area contributed by atoms with Crippen molar-refractivity contribution in [2.24, 2.45) is 0 Å². The largest absolute Gasteiger partial charge is 0.370 e. The van der Waals surface area contributed by atoms with E-state index in [2.05, 4.69) is 5.32 Å². The Labute approximate surface area is 131 Å². The van der Waals surface area contributed by atoms with Crippen LogP contribution in [0.5, 0.6) is 0 Å². The van der Waals surface area contributed by atoms with Gasteiger partial charge < -0.3 is 15.0 Å². The molecule has 1 aliphatic heterocycles. The van der Waals surface area contributed by atoms with Crippen LogP contribution in [0.1, 0.15) is 13.3 Å². The number of ether oxygens (including phenoxy) is 1. The van der Waals surface area contributed by atoms with E-state index in [1.807, 2.05) is 37.3 Å². The van der Waals surface area contributed by atoms with Crippen molar-refractivity contribution in [3.8, 4) is 0 Å². The van der Waals surface area contributed by atoms with Crippen LogP contribution in [0.2, 0.25) is 0 Å². The zero-order valence-electron chi connectivity index (χ0n) is 12.6. The van der Waals surface area contributed by atoms with Gasteiger partial charge in [-0.3, -0.25) is 4.79 Å². The molecule has 0 aliphatic carbocycles. The molecule has 0 radical (unpaired) electrons. The first-order chi connectivity index (χ1) is 10.3. The zero-order valence-corrected chi connectivity index (χ0v) is 13.5. The predicted molar refractivity (Wildman–Crippen MR) is 85.8 cm³/mol. The van der Waals surface area contributed by atoms with Gasteiger partial charge in [-0.2, -0.15) is 0 Å². The molecular formula is C16H25N2O2S+. The summed E-state index contributed by atoms with van der Waals surface area (Å²) in [6.45, 7) is 7.76. The molecule has 21 heavy (non-hydrogen) atoms. The molecule has 1 amide bonds. The summed E-state index contributed by atoms with van der Waals surface area (Å²) >= 11 is 1.60. The molecule has 1 saturated heterocycles. The summed E-state index contributed by atoms with van der Waals surface area (Å²) in [5, 5.41) is 2.99. The topological polar surface area (TPSA) is 42.8 Å². The summed E-state index contributed by atoms with van der Waals surface area (Å²) in [6, 6.07) is 10.1. The van der Waals surface area contributed by atoms with Crippen LogP contribution in [0.4, 0.5) is 0 Å². The van der Waals surface area contributed by atoms with Crippen molar-refractivity contribution in [3.05, 3.63) is 30.3 Å². The number of carbonyl (C=O) groups excluding carboxylic acids is 1. The van der Waals surface area contributed by atoms with Gasteiger partial charge in [-0.15, -0.1) is 11.8 Å². The normalized spacial score (nSPS) is 17.4. The number of carbonyl (C=O) groups is 1. The van der Waals surface area contributed by atoms with Crippen LogP contribution in [0, 0.1) is 0 Å². The quantitative estimate of drug-likeness (QED) is 0.572. The third-order valence-electron chi connectivity index (χ3n) is 3.63. The second-order valence-corrected chi connectivity index (χ2v) is 6.74. The molecule has 0 aromatic heterocycles. The number of hydrogen-bond acceptors (Lipinski definition) is 3. The van der Waals surface area contributed by atoms with Crippen LogP contribution in [-0.2, 0) is 9.53 Å². The lowest BCUT2D eigenvalue weighted by Gasteiger charge is -2.23. The molecule has 0 unspecified atom stereocenters. The number of thioether (sulfide) groups is 1. The summed E-state index contributed by atoms with van der Waals surface area (Å²) in [6.07, 6.45) is 1.03. The van der Waals surface area contributed by atoms with Gasteiger partial charge in [-0.1, -0.05) is 18.2 Å². The summed E-state index contributed by atoms with van der Waals surface area (Å²) in [7, 11) is 0. The zero-order chi connectivity index (χ0) is 14.9. The third-order valence-corrected chi connectivity index (χ3v) is 4.74. The Balaban J connectivity index is 1.60. The van der Waals surface area contributed by atoms with Gasteiger partial charge >= 0.3 is 0 Å². The standard InChI is InChI=1S/C16H24N2O2S/c1-14(21-15-6-3-2-4-7-15)16(19)17-8-5-9-18-10-12-20-13-11-18/h2-4,6-7,14H,5,8-13H2,1H3,(H,17,19)/p+1/t14-/m1/s1. The van der Waals surface area contributed by atoms with Gasteiger partial charge in [0.25, 0.3) is 0 Å². The summed E-state index contributed by atoms with van der Waals surface area (Å²) in [4.78, 5) is 14.8. The molecule has 4 nitrogen and oxygen atoms in total. The highest BCUT2D eigenvalue weighted by molar-refractivity contribution is 8.00. The van der Waals surface area contributed by atoms with Gasteiger partial charge in [0.1, 0.15) is 13.1 Å². The lowest BCUT2D eigenvalue weighted by Crippen LogP contribution is -3.14. The van der Waals surface area contributed by atoms with E-state index >= 15 is 0 Å². The maximum absolute atomic E-state index is 12.0. The van der Waals surface area contributed by atoms with Crippen LogP contribution in [-0.4, -0.2) is 50.5 Å². The number of amides is 1. The molecule has 1 atom stereocenters. The van der Waals surface area contributed by atoms with Gasteiger partial charge in [0.15, 0.2) is 0 Å². The smallest absolute Gasteiger partial charge is 0.233 e. The minimum absolute atomic E-state index is 0.0527. The average Bonchev–Trinajstić information content (AvgIpc) is 2.53. The highest BCUT2D eigenvalue weighted by Gasteiger charge is 2.15. The first-order valence-electron chi connectivity index (χ1n) is 7.66. The predicted octanol–water partition coefficient (Wildman–Crippen LogP) is 0.589. The highest BCUT2D eigenvalue weighted by atomic mass is 32.2. The van der Waals surface area contributed by atoms with Crippen molar-refractivity contribution < 1.29 is 14.4 Å². The molecular weight excluding hydrogens is 284 g/mol. The fourth-order valence-electron chi connectivity index (χ4n) is 2.36. The molecule has 1 aromatic carbocycles. The fraction of sp³-hybridized carbons (Fsp3) is 0.562. The fourth-order valence-corrected chi connectivity index (χ4v) is 3.27. The van der Waals surface area contributed by atoms with Crippen LogP contribution in [0.15, 0.2) is 35.2 Å². The van der Waals surface area contributed by atoms with Crippen LogP contribution >= 0.6 is 11.8 Å². The second kappa shape index (κ2) is 9.07. The number of hydrogen-bond donors (Lipinski definition) is 2. The van der Waals surface area contributed by atoms with E-state index in [4.69, 9.17) is 4.74 Å².